The first-order valence-electron chi connectivity index (χ1n) is 8.44. The maximum atomic E-state index is 11.9. The summed E-state index contributed by atoms with van der Waals surface area (Å²) in [5.74, 6) is 0.846. The molecule has 1 N–H and O–H groups in total. The van der Waals surface area contributed by atoms with Gasteiger partial charge in [0.05, 0.1) is 13.3 Å². The van der Waals surface area contributed by atoms with Gasteiger partial charge in [-0.3, -0.25) is 9.78 Å². The third-order valence-electron chi connectivity index (χ3n) is 3.79. The van der Waals surface area contributed by atoms with Gasteiger partial charge in [-0.05, 0) is 53.6 Å². The summed E-state index contributed by atoms with van der Waals surface area (Å²) in [6.45, 7) is 0.367. The Bertz CT molecular complexity index is 978. The maximum Gasteiger partial charge on any atom is 0.271 e. The number of nitrogens with one attached hydrogen (secondary N) is 1. The summed E-state index contributed by atoms with van der Waals surface area (Å²) in [4.78, 5) is 15.8. The van der Waals surface area contributed by atoms with Crippen molar-refractivity contribution in [2.45, 2.75) is 6.61 Å². The molecule has 0 saturated heterocycles. The molecule has 1 amide bonds. The molecular weight excluding hydrogens is 378 g/mol. The quantitative estimate of drug-likeness (QED) is 0.483. The molecule has 7 heteroatoms. The first-order valence-corrected chi connectivity index (χ1v) is 8.82. The van der Waals surface area contributed by atoms with Crippen molar-refractivity contribution in [1.29, 1.82) is 0 Å². The molecule has 1 aromatic heterocycles. The highest BCUT2D eigenvalue weighted by Gasteiger charge is 2.07. The third-order valence-corrected chi connectivity index (χ3v) is 4.03. The lowest BCUT2D eigenvalue weighted by Crippen LogP contribution is -2.17. The standard InChI is InChI=1S/C21H18ClN3O3/c1-27-20-12-15(13-24-25-21(26)17-7-9-23-10-8-17)5-6-19(20)28-14-16-3-2-4-18(22)11-16/h2-13H,14H2,1H3,(H,25,26)/b24-13-. The molecule has 0 atom stereocenters. The number of pyridine rings is 1. The SMILES string of the molecule is COc1cc(/C=N\NC(=O)c2ccncc2)ccc1OCc1cccc(Cl)c1. The summed E-state index contributed by atoms with van der Waals surface area (Å²) in [5.41, 5.74) is 4.66. The summed E-state index contributed by atoms with van der Waals surface area (Å²) in [7, 11) is 1.56. The second-order valence-electron chi connectivity index (χ2n) is 5.76. The van der Waals surface area contributed by atoms with Crippen LogP contribution in [-0.4, -0.2) is 24.2 Å². The highest BCUT2D eigenvalue weighted by Crippen LogP contribution is 2.28. The molecule has 0 spiro atoms. The Balaban J connectivity index is 1.63. The molecule has 0 bridgehead atoms. The fourth-order valence-corrected chi connectivity index (χ4v) is 2.62. The van der Waals surface area contributed by atoms with Crippen LogP contribution in [0.2, 0.25) is 5.02 Å². The molecule has 3 aromatic rings. The van der Waals surface area contributed by atoms with Gasteiger partial charge in [-0.2, -0.15) is 5.10 Å². The lowest BCUT2D eigenvalue weighted by molar-refractivity contribution is 0.0955. The first kappa shape index (κ1) is 19.4. The van der Waals surface area contributed by atoms with Crippen LogP contribution in [-0.2, 0) is 6.61 Å². The Morgan fingerprint density at radius 1 is 1.14 bits per heavy atom. The van der Waals surface area contributed by atoms with E-state index in [1.165, 1.54) is 6.21 Å². The second kappa shape index (κ2) is 9.53. The number of methoxy groups -OCH3 is 1. The molecule has 2 aromatic carbocycles. The van der Waals surface area contributed by atoms with Gasteiger partial charge in [0.2, 0.25) is 0 Å². The molecule has 6 nitrogen and oxygen atoms in total. The number of carbonyl (C=O) groups is 1. The van der Waals surface area contributed by atoms with Crippen LogP contribution in [0.25, 0.3) is 0 Å². The molecular formula is C21H18ClN3O3. The predicted molar refractivity (Wildman–Crippen MR) is 108 cm³/mol. The number of hydrogen-bond donors (Lipinski definition) is 1. The van der Waals surface area contributed by atoms with E-state index in [0.717, 1.165) is 11.1 Å². The fourth-order valence-electron chi connectivity index (χ4n) is 2.40. The van der Waals surface area contributed by atoms with Crippen LogP contribution in [0.15, 0.2) is 72.1 Å². The minimum absolute atomic E-state index is 0.313. The summed E-state index contributed by atoms with van der Waals surface area (Å²) < 4.78 is 11.2. The van der Waals surface area contributed by atoms with Gasteiger partial charge in [0.15, 0.2) is 11.5 Å². The summed E-state index contributed by atoms with van der Waals surface area (Å²) in [5, 5.41) is 4.63. The van der Waals surface area contributed by atoms with Crippen LogP contribution in [0, 0.1) is 0 Å². The van der Waals surface area contributed by atoms with E-state index in [1.807, 2.05) is 30.3 Å². The van der Waals surface area contributed by atoms with Crippen LogP contribution >= 0.6 is 11.6 Å². The number of ether oxygens (including phenoxy) is 2. The van der Waals surface area contributed by atoms with Crippen LogP contribution in [0.3, 0.4) is 0 Å². The van der Waals surface area contributed by atoms with Gasteiger partial charge < -0.3 is 9.47 Å². The lowest BCUT2D eigenvalue weighted by atomic mass is 10.2. The normalized spacial score (nSPS) is 10.6. The Morgan fingerprint density at radius 2 is 1.96 bits per heavy atom. The molecule has 0 unspecified atom stereocenters. The number of hydrazone groups is 1. The van der Waals surface area contributed by atoms with E-state index in [9.17, 15) is 4.79 Å². The van der Waals surface area contributed by atoms with Gasteiger partial charge in [0.25, 0.3) is 5.91 Å². The second-order valence-corrected chi connectivity index (χ2v) is 6.20. The zero-order valence-electron chi connectivity index (χ0n) is 15.1. The fraction of sp³-hybridized carbons (Fsp3) is 0.0952. The van der Waals surface area contributed by atoms with Crippen LogP contribution in [0.5, 0.6) is 11.5 Å². The van der Waals surface area contributed by atoms with E-state index in [2.05, 4.69) is 15.5 Å². The number of halogens is 1. The van der Waals surface area contributed by atoms with Gasteiger partial charge in [-0.1, -0.05) is 23.7 Å². The Kier molecular flexibility index (Phi) is 6.59. The molecule has 0 radical (unpaired) electrons. The summed E-state index contributed by atoms with van der Waals surface area (Å²) in [6, 6.07) is 16.1. The number of nitrogens with zero attached hydrogens (tertiary/aromatic N) is 2. The monoisotopic (exact) mass is 395 g/mol. The van der Waals surface area contributed by atoms with Crippen molar-refractivity contribution in [3.63, 3.8) is 0 Å². The minimum atomic E-state index is -0.313. The number of rotatable bonds is 7. The number of benzene rings is 2. The number of carbonyl (C=O) groups excluding carboxylic acids is 1. The molecule has 0 aliphatic rings. The van der Waals surface area contributed by atoms with Gasteiger partial charge in [-0.15, -0.1) is 0 Å². The van der Waals surface area contributed by atoms with E-state index in [0.29, 0.717) is 28.7 Å². The highest BCUT2D eigenvalue weighted by molar-refractivity contribution is 6.30. The number of aromatic nitrogens is 1. The van der Waals surface area contributed by atoms with E-state index < -0.39 is 0 Å². The summed E-state index contributed by atoms with van der Waals surface area (Å²) in [6.07, 6.45) is 4.62. The molecule has 1 heterocycles. The molecule has 0 aliphatic carbocycles. The Morgan fingerprint density at radius 3 is 2.71 bits per heavy atom. The molecule has 142 valence electrons. The number of amides is 1. The van der Waals surface area contributed by atoms with Crippen molar-refractivity contribution < 1.29 is 14.3 Å². The average molecular weight is 396 g/mol. The number of hydrogen-bond acceptors (Lipinski definition) is 5. The van der Waals surface area contributed by atoms with Gasteiger partial charge in [0, 0.05) is 23.0 Å². The predicted octanol–water partition coefficient (Wildman–Crippen LogP) is 4.09. The van der Waals surface area contributed by atoms with Gasteiger partial charge in [0.1, 0.15) is 6.61 Å². The van der Waals surface area contributed by atoms with Crippen molar-refractivity contribution in [3.05, 3.63) is 88.7 Å². The van der Waals surface area contributed by atoms with Gasteiger partial charge in [-0.25, -0.2) is 5.43 Å². The van der Waals surface area contributed by atoms with Crippen molar-refractivity contribution in [2.24, 2.45) is 5.10 Å². The maximum absolute atomic E-state index is 11.9. The molecule has 3 rings (SSSR count). The zero-order chi connectivity index (χ0) is 19.8. The minimum Gasteiger partial charge on any atom is -0.493 e. The van der Waals surface area contributed by atoms with E-state index >= 15 is 0 Å². The van der Waals surface area contributed by atoms with Crippen LogP contribution in [0.1, 0.15) is 21.5 Å². The van der Waals surface area contributed by atoms with Crippen molar-refractivity contribution >= 4 is 23.7 Å². The van der Waals surface area contributed by atoms with Crippen molar-refractivity contribution in [1.82, 2.24) is 10.4 Å². The lowest BCUT2D eigenvalue weighted by Gasteiger charge is -2.11. The average Bonchev–Trinajstić information content (AvgIpc) is 2.73. The first-order chi connectivity index (χ1) is 13.7. The topological polar surface area (TPSA) is 72.8 Å². The summed E-state index contributed by atoms with van der Waals surface area (Å²) >= 11 is 5.99. The molecule has 28 heavy (non-hydrogen) atoms. The smallest absolute Gasteiger partial charge is 0.271 e. The molecule has 0 fully saturated rings. The van der Waals surface area contributed by atoms with Crippen molar-refractivity contribution in [2.75, 3.05) is 7.11 Å². The largest absolute Gasteiger partial charge is 0.493 e. The van der Waals surface area contributed by atoms with Gasteiger partial charge >= 0.3 is 0 Å². The van der Waals surface area contributed by atoms with Crippen LogP contribution in [0.4, 0.5) is 0 Å². The highest BCUT2D eigenvalue weighted by atomic mass is 35.5. The third kappa shape index (κ3) is 5.31. The Labute approximate surface area is 167 Å². The van der Waals surface area contributed by atoms with E-state index in [-0.39, 0.29) is 5.91 Å². The van der Waals surface area contributed by atoms with E-state index in [4.69, 9.17) is 21.1 Å². The van der Waals surface area contributed by atoms with Crippen molar-refractivity contribution in [3.8, 4) is 11.5 Å². The van der Waals surface area contributed by atoms with Crippen LogP contribution < -0.4 is 14.9 Å². The molecule has 0 saturated carbocycles. The zero-order valence-corrected chi connectivity index (χ0v) is 15.9. The Hall–Kier alpha value is -3.38. The van der Waals surface area contributed by atoms with E-state index in [1.54, 1.807) is 43.8 Å². The molecule has 0 aliphatic heterocycles.